The highest BCUT2D eigenvalue weighted by Gasteiger charge is 2.21. The highest BCUT2D eigenvalue weighted by molar-refractivity contribution is 5.87. The van der Waals surface area contributed by atoms with E-state index in [1.165, 1.54) is 15.7 Å². The molecule has 1 aromatic carbocycles. The largest absolute Gasteiger partial charge is 0.443 e. The normalized spacial score (nSPS) is 11.2. The second kappa shape index (κ2) is 6.69. The van der Waals surface area contributed by atoms with Gasteiger partial charge in [0, 0.05) is 12.7 Å². The number of rotatable bonds is 4. The summed E-state index contributed by atoms with van der Waals surface area (Å²) in [6, 6.07) is 7.17. The van der Waals surface area contributed by atoms with E-state index in [9.17, 15) is 14.9 Å². The van der Waals surface area contributed by atoms with Crippen LogP contribution in [0.25, 0.3) is 0 Å². The van der Waals surface area contributed by atoms with Crippen molar-refractivity contribution in [3.63, 3.8) is 0 Å². The maximum atomic E-state index is 12.1. The van der Waals surface area contributed by atoms with Crippen molar-refractivity contribution >= 4 is 17.7 Å². The fraction of sp³-hybridized carbons (Fsp3) is 0.375. The first-order valence-electron chi connectivity index (χ1n) is 7.38. The van der Waals surface area contributed by atoms with E-state index in [0.717, 1.165) is 5.56 Å². The average molecular weight is 332 g/mol. The molecule has 24 heavy (non-hydrogen) atoms. The van der Waals surface area contributed by atoms with Gasteiger partial charge >= 0.3 is 12.0 Å². The molecule has 0 aliphatic rings. The van der Waals surface area contributed by atoms with Gasteiger partial charge in [-0.2, -0.15) is 0 Å². The molecule has 1 heterocycles. The molecule has 1 aromatic heterocycles. The zero-order valence-electron chi connectivity index (χ0n) is 14.1. The van der Waals surface area contributed by atoms with Crippen LogP contribution in [0, 0.1) is 10.1 Å². The summed E-state index contributed by atoms with van der Waals surface area (Å²) in [6.07, 6.45) is 2.46. The van der Waals surface area contributed by atoms with Crippen molar-refractivity contribution < 1.29 is 14.5 Å². The molecule has 0 saturated carbocycles. The molecular formula is C16H20N4O4. The summed E-state index contributed by atoms with van der Waals surface area (Å²) in [4.78, 5) is 27.6. The van der Waals surface area contributed by atoms with Gasteiger partial charge in [-0.25, -0.2) is 9.36 Å². The van der Waals surface area contributed by atoms with E-state index in [4.69, 9.17) is 4.74 Å². The van der Waals surface area contributed by atoms with Crippen molar-refractivity contribution in [1.82, 2.24) is 9.55 Å². The minimum Gasteiger partial charge on any atom is -0.443 e. The van der Waals surface area contributed by atoms with Gasteiger partial charge in [-0.05, 0) is 43.4 Å². The summed E-state index contributed by atoms with van der Waals surface area (Å²) in [5, 5.41) is 10.9. The zero-order chi connectivity index (χ0) is 17.9. The number of carbonyl (C=O) groups is 1. The monoisotopic (exact) mass is 332 g/mol. The van der Waals surface area contributed by atoms with Crippen molar-refractivity contribution in [2.45, 2.75) is 32.9 Å². The lowest BCUT2D eigenvalue weighted by Crippen LogP contribution is -2.34. The second-order valence-electron chi connectivity index (χ2n) is 6.32. The third-order valence-corrected chi connectivity index (χ3v) is 3.17. The molecule has 8 heteroatoms. The van der Waals surface area contributed by atoms with Crippen molar-refractivity contribution in [3.05, 3.63) is 52.3 Å². The number of anilines is 1. The van der Waals surface area contributed by atoms with Gasteiger partial charge in [0.1, 0.15) is 18.0 Å². The van der Waals surface area contributed by atoms with Gasteiger partial charge in [0.2, 0.25) is 0 Å². The number of ether oxygens (including phenoxy) is 1. The Kier molecular flexibility index (Phi) is 4.87. The number of aromatic nitrogens is 2. The predicted octanol–water partition coefficient (Wildman–Crippen LogP) is 3.21. The Labute approximate surface area is 139 Å². The average Bonchev–Trinajstić information content (AvgIpc) is 2.93. The highest BCUT2D eigenvalue weighted by Crippen LogP contribution is 2.20. The molecule has 0 radical (unpaired) electrons. The predicted molar refractivity (Wildman–Crippen MR) is 89.1 cm³/mol. The molecular weight excluding hydrogens is 312 g/mol. The molecule has 0 saturated heterocycles. The molecule has 2 aromatic rings. The molecule has 128 valence electrons. The summed E-state index contributed by atoms with van der Waals surface area (Å²) < 4.78 is 6.77. The van der Waals surface area contributed by atoms with Crippen LogP contribution in [0.2, 0.25) is 0 Å². The first-order chi connectivity index (χ1) is 11.2. The van der Waals surface area contributed by atoms with E-state index < -0.39 is 16.6 Å². The molecule has 0 N–H and O–H groups in total. The Bertz CT molecular complexity index is 749. The van der Waals surface area contributed by atoms with Gasteiger partial charge in [-0.15, -0.1) is 0 Å². The summed E-state index contributed by atoms with van der Waals surface area (Å²) in [7, 11) is 1.62. The molecule has 0 aliphatic carbocycles. The maximum absolute atomic E-state index is 12.1. The van der Waals surface area contributed by atoms with E-state index >= 15 is 0 Å². The third kappa shape index (κ3) is 4.31. The van der Waals surface area contributed by atoms with Crippen LogP contribution in [-0.4, -0.2) is 33.2 Å². The first-order valence-corrected chi connectivity index (χ1v) is 7.38. The van der Waals surface area contributed by atoms with E-state index in [1.807, 2.05) is 6.07 Å². The van der Waals surface area contributed by atoms with Crippen LogP contribution in [-0.2, 0) is 11.3 Å². The Balaban J connectivity index is 2.18. The zero-order valence-corrected chi connectivity index (χ0v) is 14.1. The smallest absolute Gasteiger partial charge is 0.434 e. The summed E-state index contributed by atoms with van der Waals surface area (Å²) in [5.41, 5.74) is 0.869. The molecule has 1 amide bonds. The topological polar surface area (TPSA) is 90.5 Å². The van der Waals surface area contributed by atoms with Crippen molar-refractivity contribution in [2.75, 3.05) is 11.9 Å². The summed E-state index contributed by atoms with van der Waals surface area (Å²) in [5.74, 6) is -0.221. The second-order valence-corrected chi connectivity index (χ2v) is 6.32. The van der Waals surface area contributed by atoms with Crippen molar-refractivity contribution in [1.29, 1.82) is 0 Å². The quantitative estimate of drug-likeness (QED) is 0.633. The lowest BCUT2D eigenvalue weighted by Gasteiger charge is -2.24. The third-order valence-electron chi connectivity index (χ3n) is 3.17. The molecule has 8 nitrogen and oxygen atoms in total. The number of nitro groups is 1. The number of amides is 1. The standard InChI is InChI=1S/C16H20N4O4/c1-16(2,3)24-15(21)18(4)13-7-5-6-12(10-13)11-19-9-8-17-14(19)20(22)23/h5-10H,11H2,1-4H3. The SMILES string of the molecule is CN(C(=O)OC(C)(C)C)c1cccc(Cn2ccnc2[N+](=O)[O-])c1. The van der Waals surface area contributed by atoms with Gasteiger partial charge in [0.05, 0.1) is 6.54 Å². The molecule has 0 spiro atoms. The van der Waals surface area contributed by atoms with Crippen LogP contribution in [0.5, 0.6) is 0 Å². The molecule has 0 unspecified atom stereocenters. The number of nitrogens with zero attached hydrogens (tertiary/aromatic N) is 4. The van der Waals surface area contributed by atoms with Crippen LogP contribution in [0.1, 0.15) is 26.3 Å². The minimum atomic E-state index is -0.583. The molecule has 0 atom stereocenters. The fourth-order valence-electron chi connectivity index (χ4n) is 2.09. The maximum Gasteiger partial charge on any atom is 0.434 e. The minimum absolute atomic E-state index is 0.221. The Hall–Kier alpha value is -2.90. The number of hydrogen-bond acceptors (Lipinski definition) is 5. The summed E-state index contributed by atoms with van der Waals surface area (Å²) in [6.45, 7) is 5.68. The van der Waals surface area contributed by atoms with Gasteiger partial charge in [-0.3, -0.25) is 4.90 Å². The summed E-state index contributed by atoms with van der Waals surface area (Å²) >= 11 is 0. The lowest BCUT2D eigenvalue weighted by atomic mass is 10.2. The Morgan fingerprint density at radius 1 is 1.42 bits per heavy atom. The first kappa shape index (κ1) is 17.5. The van der Waals surface area contributed by atoms with Gasteiger partial charge in [-0.1, -0.05) is 17.1 Å². The van der Waals surface area contributed by atoms with Gasteiger partial charge in [0.25, 0.3) is 0 Å². The van der Waals surface area contributed by atoms with E-state index in [2.05, 4.69) is 4.98 Å². The van der Waals surface area contributed by atoms with E-state index in [1.54, 1.807) is 52.2 Å². The molecule has 0 bridgehead atoms. The molecule has 2 rings (SSSR count). The lowest BCUT2D eigenvalue weighted by molar-refractivity contribution is -0.396. The molecule has 0 aliphatic heterocycles. The van der Waals surface area contributed by atoms with Crippen LogP contribution in [0.15, 0.2) is 36.7 Å². The number of benzene rings is 1. The Morgan fingerprint density at radius 3 is 2.75 bits per heavy atom. The van der Waals surface area contributed by atoms with Gasteiger partial charge in [0.15, 0.2) is 0 Å². The van der Waals surface area contributed by atoms with Gasteiger partial charge < -0.3 is 14.9 Å². The number of imidazole rings is 1. The number of hydrogen-bond donors (Lipinski definition) is 0. The van der Waals surface area contributed by atoms with Crippen LogP contribution >= 0.6 is 0 Å². The van der Waals surface area contributed by atoms with Crippen molar-refractivity contribution in [3.8, 4) is 0 Å². The van der Waals surface area contributed by atoms with Crippen LogP contribution in [0.4, 0.5) is 16.4 Å². The van der Waals surface area contributed by atoms with Crippen LogP contribution < -0.4 is 4.90 Å². The fourth-order valence-corrected chi connectivity index (χ4v) is 2.09. The van der Waals surface area contributed by atoms with E-state index in [-0.39, 0.29) is 12.5 Å². The molecule has 0 fully saturated rings. The number of carbonyl (C=O) groups excluding carboxylic acids is 1. The highest BCUT2D eigenvalue weighted by atomic mass is 16.6. The van der Waals surface area contributed by atoms with Crippen molar-refractivity contribution in [2.24, 2.45) is 0 Å². The Morgan fingerprint density at radius 2 is 2.12 bits per heavy atom. The van der Waals surface area contributed by atoms with E-state index in [0.29, 0.717) is 5.69 Å². The van der Waals surface area contributed by atoms with Crippen LogP contribution in [0.3, 0.4) is 0 Å².